The molecule has 0 atom stereocenters. The number of rotatable bonds is 7. The molecule has 0 radical (unpaired) electrons. The van der Waals surface area contributed by atoms with Gasteiger partial charge in [0.05, 0.1) is 5.52 Å². The topological polar surface area (TPSA) is 22.0 Å². The fraction of sp³-hybridized carbons (Fsp3) is 0.348. The first-order valence-electron chi connectivity index (χ1n) is 9.48. The van der Waals surface area contributed by atoms with Crippen molar-refractivity contribution in [3.8, 4) is 5.69 Å². The molecule has 0 unspecified atom stereocenters. The smallest absolute Gasteiger partial charge is 0.259 e. The van der Waals surface area contributed by atoms with Crippen LogP contribution in [0.4, 0.5) is 0 Å². The van der Waals surface area contributed by atoms with Gasteiger partial charge in [-0.25, -0.2) is 0 Å². The van der Waals surface area contributed by atoms with Gasteiger partial charge in [0.1, 0.15) is 0 Å². The summed E-state index contributed by atoms with van der Waals surface area (Å²) in [6, 6.07) is 18.4. The quantitative estimate of drug-likeness (QED) is 0.545. The van der Waals surface area contributed by atoms with Crippen molar-refractivity contribution in [1.29, 1.82) is 0 Å². The maximum absolute atomic E-state index is 13.4. The summed E-state index contributed by atoms with van der Waals surface area (Å²) in [5.74, 6) is 0. The fourth-order valence-corrected chi connectivity index (χ4v) is 3.54. The van der Waals surface area contributed by atoms with Crippen molar-refractivity contribution in [2.75, 3.05) is 0 Å². The summed E-state index contributed by atoms with van der Waals surface area (Å²) < 4.78 is 1.90. The van der Waals surface area contributed by atoms with Crippen LogP contribution in [0.5, 0.6) is 0 Å². The van der Waals surface area contributed by atoms with Gasteiger partial charge in [0.2, 0.25) is 0 Å². The van der Waals surface area contributed by atoms with Crippen LogP contribution in [0.3, 0.4) is 0 Å². The van der Waals surface area contributed by atoms with Crippen LogP contribution >= 0.6 is 0 Å². The summed E-state index contributed by atoms with van der Waals surface area (Å²) in [4.78, 5) is 13.4. The molecule has 0 aliphatic carbocycles. The van der Waals surface area contributed by atoms with Crippen molar-refractivity contribution in [2.45, 2.75) is 52.4 Å². The third-order valence-electron chi connectivity index (χ3n) is 4.87. The Morgan fingerprint density at radius 2 is 1.36 bits per heavy atom. The first-order valence-corrected chi connectivity index (χ1v) is 9.48. The standard InChI is InChI=1S/C23H27NO/c1-3-5-14-19-20-16-10-11-17-22(20)24(18-12-8-7-9-13-18)23(25)21(19)15-6-4-2/h7-13,16-17H,3-6,14-15H2,1-2H3. The van der Waals surface area contributed by atoms with Gasteiger partial charge in [-0.2, -0.15) is 0 Å². The largest absolute Gasteiger partial charge is 0.277 e. The zero-order valence-corrected chi connectivity index (χ0v) is 15.3. The molecule has 0 aliphatic rings. The van der Waals surface area contributed by atoms with E-state index in [2.05, 4.69) is 32.0 Å². The van der Waals surface area contributed by atoms with E-state index in [9.17, 15) is 4.79 Å². The summed E-state index contributed by atoms with van der Waals surface area (Å²) >= 11 is 0. The molecule has 3 rings (SSSR count). The molecule has 0 spiro atoms. The van der Waals surface area contributed by atoms with E-state index in [1.54, 1.807) is 0 Å². The fourth-order valence-electron chi connectivity index (χ4n) is 3.54. The van der Waals surface area contributed by atoms with Crippen molar-refractivity contribution in [3.05, 3.63) is 76.1 Å². The number of aryl methyl sites for hydroxylation is 1. The Kier molecular flexibility index (Phi) is 5.70. The molecule has 1 aromatic heterocycles. The van der Waals surface area contributed by atoms with Crippen LogP contribution in [-0.4, -0.2) is 4.57 Å². The zero-order chi connectivity index (χ0) is 17.6. The minimum absolute atomic E-state index is 0.157. The third kappa shape index (κ3) is 3.53. The van der Waals surface area contributed by atoms with E-state index in [0.29, 0.717) is 0 Å². The summed E-state index contributed by atoms with van der Waals surface area (Å²) in [7, 11) is 0. The Morgan fingerprint density at radius 1 is 0.760 bits per heavy atom. The van der Waals surface area contributed by atoms with Crippen molar-refractivity contribution >= 4 is 10.9 Å². The number of hydrogen-bond acceptors (Lipinski definition) is 1. The molecular formula is C23H27NO. The highest BCUT2D eigenvalue weighted by Crippen LogP contribution is 2.25. The second-order valence-electron chi connectivity index (χ2n) is 6.66. The molecule has 1 heterocycles. The van der Waals surface area contributed by atoms with E-state index in [0.717, 1.165) is 55.3 Å². The van der Waals surface area contributed by atoms with Gasteiger partial charge in [-0.05, 0) is 49.4 Å². The first-order chi connectivity index (χ1) is 12.3. The minimum atomic E-state index is 0.157. The van der Waals surface area contributed by atoms with E-state index in [1.165, 1.54) is 10.9 Å². The van der Waals surface area contributed by atoms with E-state index in [4.69, 9.17) is 0 Å². The first kappa shape index (κ1) is 17.5. The molecule has 0 saturated carbocycles. The zero-order valence-electron chi connectivity index (χ0n) is 15.3. The number of fused-ring (bicyclic) bond motifs is 1. The second-order valence-corrected chi connectivity index (χ2v) is 6.66. The normalized spacial score (nSPS) is 11.1. The highest BCUT2D eigenvalue weighted by Gasteiger charge is 2.16. The van der Waals surface area contributed by atoms with Gasteiger partial charge >= 0.3 is 0 Å². The summed E-state index contributed by atoms with van der Waals surface area (Å²) in [6.07, 6.45) is 6.28. The van der Waals surface area contributed by atoms with Crippen LogP contribution in [-0.2, 0) is 12.8 Å². The van der Waals surface area contributed by atoms with Gasteiger partial charge in [0.25, 0.3) is 5.56 Å². The Morgan fingerprint density at radius 3 is 2.04 bits per heavy atom. The van der Waals surface area contributed by atoms with Gasteiger partial charge in [-0.1, -0.05) is 63.1 Å². The summed E-state index contributed by atoms with van der Waals surface area (Å²) in [6.45, 7) is 4.39. The molecule has 2 aromatic carbocycles. The number of hydrogen-bond donors (Lipinski definition) is 0. The molecular weight excluding hydrogens is 306 g/mol. The van der Waals surface area contributed by atoms with E-state index >= 15 is 0 Å². The molecule has 2 nitrogen and oxygen atoms in total. The predicted octanol–water partition coefficient (Wildman–Crippen LogP) is 5.68. The highest BCUT2D eigenvalue weighted by molar-refractivity contribution is 5.85. The molecule has 0 amide bonds. The molecule has 0 saturated heterocycles. The van der Waals surface area contributed by atoms with Gasteiger partial charge in [-0.15, -0.1) is 0 Å². The van der Waals surface area contributed by atoms with Gasteiger partial charge in [0.15, 0.2) is 0 Å². The van der Waals surface area contributed by atoms with E-state index in [-0.39, 0.29) is 5.56 Å². The second kappa shape index (κ2) is 8.15. The van der Waals surface area contributed by atoms with Crippen LogP contribution < -0.4 is 5.56 Å². The number of benzene rings is 2. The Balaban J connectivity index is 2.33. The third-order valence-corrected chi connectivity index (χ3v) is 4.87. The lowest BCUT2D eigenvalue weighted by molar-refractivity contribution is 0.749. The molecule has 2 heteroatoms. The van der Waals surface area contributed by atoms with E-state index in [1.807, 2.05) is 41.0 Å². The Hall–Kier alpha value is -2.35. The average molecular weight is 333 g/mol. The number of unbranched alkanes of at least 4 members (excludes halogenated alkanes) is 2. The lowest BCUT2D eigenvalue weighted by Gasteiger charge is -2.18. The predicted molar refractivity (Wildman–Crippen MR) is 107 cm³/mol. The van der Waals surface area contributed by atoms with Crippen molar-refractivity contribution in [1.82, 2.24) is 4.57 Å². The average Bonchev–Trinajstić information content (AvgIpc) is 2.66. The highest BCUT2D eigenvalue weighted by atomic mass is 16.1. The molecule has 0 aliphatic heterocycles. The molecule has 25 heavy (non-hydrogen) atoms. The monoisotopic (exact) mass is 333 g/mol. The SMILES string of the molecule is CCCCc1c(CCCC)c2ccccc2n(-c2ccccc2)c1=O. The molecule has 0 bridgehead atoms. The lowest BCUT2D eigenvalue weighted by atomic mass is 9.94. The van der Waals surface area contributed by atoms with Crippen molar-refractivity contribution in [3.63, 3.8) is 0 Å². The van der Waals surface area contributed by atoms with Crippen LogP contribution in [0.25, 0.3) is 16.6 Å². The number of para-hydroxylation sites is 2. The minimum Gasteiger partial charge on any atom is -0.277 e. The number of pyridine rings is 1. The Labute approximate surface area is 150 Å². The van der Waals surface area contributed by atoms with Gasteiger partial charge in [-0.3, -0.25) is 9.36 Å². The maximum atomic E-state index is 13.4. The van der Waals surface area contributed by atoms with Gasteiger partial charge < -0.3 is 0 Å². The maximum Gasteiger partial charge on any atom is 0.259 e. The van der Waals surface area contributed by atoms with Gasteiger partial charge in [0, 0.05) is 16.6 Å². The van der Waals surface area contributed by atoms with Crippen LogP contribution in [0.15, 0.2) is 59.4 Å². The molecule has 3 aromatic rings. The summed E-state index contributed by atoms with van der Waals surface area (Å²) in [5, 5.41) is 1.23. The van der Waals surface area contributed by atoms with Crippen molar-refractivity contribution in [2.24, 2.45) is 0 Å². The lowest BCUT2D eigenvalue weighted by Crippen LogP contribution is -2.25. The van der Waals surface area contributed by atoms with Crippen molar-refractivity contribution < 1.29 is 0 Å². The Bertz CT molecular complexity index is 893. The van der Waals surface area contributed by atoms with Crippen LogP contribution in [0, 0.1) is 0 Å². The summed E-state index contributed by atoms with van der Waals surface area (Å²) in [5.41, 5.74) is 4.40. The molecule has 0 fully saturated rings. The molecule has 130 valence electrons. The van der Waals surface area contributed by atoms with Crippen LogP contribution in [0.2, 0.25) is 0 Å². The number of aromatic nitrogens is 1. The van der Waals surface area contributed by atoms with E-state index < -0.39 is 0 Å². The number of nitrogens with zero attached hydrogens (tertiary/aromatic N) is 1. The molecule has 0 N–H and O–H groups in total. The van der Waals surface area contributed by atoms with Crippen LogP contribution in [0.1, 0.15) is 50.7 Å².